The molecule has 6 nitrogen and oxygen atoms in total. The Labute approximate surface area is 169 Å². The lowest BCUT2D eigenvalue weighted by atomic mass is 10.0. The van der Waals surface area contributed by atoms with Crippen LogP contribution in [0.4, 0.5) is 0 Å². The van der Waals surface area contributed by atoms with Gasteiger partial charge in [-0.05, 0) is 42.0 Å². The van der Waals surface area contributed by atoms with Crippen LogP contribution in [-0.2, 0) is 27.1 Å². The van der Waals surface area contributed by atoms with Crippen LogP contribution in [0.5, 0.6) is 0 Å². The summed E-state index contributed by atoms with van der Waals surface area (Å²) in [5.74, 6) is -1.87. The third-order valence-corrected chi connectivity index (χ3v) is 6.71. The summed E-state index contributed by atoms with van der Waals surface area (Å²) < 4.78 is 12.5. The van der Waals surface area contributed by atoms with E-state index < -0.39 is 25.4 Å². The Kier molecular flexibility index (Phi) is 6.68. The molecule has 29 heavy (non-hydrogen) atoms. The van der Waals surface area contributed by atoms with E-state index in [0.29, 0.717) is 6.42 Å². The zero-order valence-corrected chi connectivity index (χ0v) is 16.9. The van der Waals surface area contributed by atoms with Crippen molar-refractivity contribution in [3.05, 3.63) is 77.0 Å². The highest BCUT2D eigenvalue weighted by atomic mass is 31.2. The highest BCUT2D eigenvalue weighted by molar-refractivity contribution is 7.58. The number of carboxylic acid groups (broad SMARTS) is 1. The van der Waals surface area contributed by atoms with Crippen molar-refractivity contribution in [3.8, 4) is 0 Å². The van der Waals surface area contributed by atoms with Crippen LogP contribution in [-0.4, -0.2) is 39.1 Å². The van der Waals surface area contributed by atoms with Gasteiger partial charge in [0, 0.05) is 6.16 Å². The molecule has 152 valence electrons. The van der Waals surface area contributed by atoms with Crippen LogP contribution in [0.25, 0.3) is 6.08 Å². The molecule has 0 fully saturated rings. The van der Waals surface area contributed by atoms with Gasteiger partial charge >= 0.3 is 5.97 Å². The Morgan fingerprint density at radius 1 is 1.00 bits per heavy atom. The van der Waals surface area contributed by atoms with Crippen LogP contribution in [0.2, 0.25) is 0 Å². The molecule has 2 aromatic rings. The molecule has 7 heteroatoms. The summed E-state index contributed by atoms with van der Waals surface area (Å²) in [6, 6.07) is 17.1. The number of aliphatic carboxylic acids is 1. The number of carbonyl (C=O) groups is 2. The van der Waals surface area contributed by atoms with Crippen molar-refractivity contribution in [2.45, 2.75) is 25.8 Å². The molecule has 1 heterocycles. The Balaban J connectivity index is 1.59. The lowest BCUT2D eigenvalue weighted by molar-refractivity contribution is -0.139. The first-order valence-corrected chi connectivity index (χ1v) is 11.6. The first-order chi connectivity index (χ1) is 13.9. The van der Waals surface area contributed by atoms with Crippen molar-refractivity contribution >= 4 is 25.3 Å². The lowest BCUT2D eigenvalue weighted by Crippen LogP contribution is -2.37. The van der Waals surface area contributed by atoms with E-state index in [0.717, 1.165) is 28.9 Å². The number of rotatable bonds is 8. The first-order valence-electron chi connectivity index (χ1n) is 9.54. The van der Waals surface area contributed by atoms with Gasteiger partial charge in [0.2, 0.25) is 13.3 Å². The molecular formula is C22H24NO5P. The average molecular weight is 413 g/mol. The number of unbranched alkanes of at least 4 members (excludes halogenated alkanes) is 1. The van der Waals surface area contributed by atoms with E-state index in [1.165, 1.54) is 11.6 Å². The molecule has 0 radical (unpaired) electrons. The maximum absolute atomic E-state index is 12.7. The topological polar surface area (TPSA) is 94.9 Å². The predicted octanol–water partition coefficient (Wildman–Crippen LogP) is 3.75. The number of amides is 1. The predicted molar refractivity (Wildman–Crippen MR) is 112 cm³/mol. The third kappa shape index (κ3) is 5.66. The minimum absolute atomic E-state index is 0.0438. The summed E-state index contributed by atoms with van der Waals surface area (Å²) >= 11 is 0. The molecule has 2 N–H and O–H groups in total. The monoisotopic (exact) mass is 413 g/mol. The van der Waals surface area contributed by atoms with E-state index in [1.54, 1.807) is 12.1 Å². The van der Waals surface area contributed by atoms with Gasteiger partial charge in [-0.3, -0.25) is 9.36 Å². The van der Waals surface area contributed by atoms with E-state index in [2.05, 4.69) is 0 Å². The largest absolute Gasteiger partial charge is 0.477 e. The fourth-order valence-corrected chi connectivity index (χ4v) is 4.88. The summed E-state index contributed by atoms with van der Waals surface area (Å²) in [5, 5.41) is 9.47. The number of carbonyl (C=O) groups excluding carboxylic acids is 1. The van der Waals surface area contributed by atoms with E-state index in [9.17, 15) is 24.2 Å². The average Bonchev–Trinajstić information content (AvgIpc) is 2.70. The highest BCUT2D eigenvalue weighted by Gasteiger charge is 2.32. The number of fused-ring (bicyclic) bond motifs is 1. The Morgan fingerprint density at radius 3 is 2.41 bits per heavy atom. The number of hydrogen-bond acceptors (Lipinski definition) is 3. The molecular weight excluding hydrogens is 389 g/mol. The zero-order chi connectivity index (χ0) is 20.9. The van der Waals surface area contributed by atoms with Crippen LogP contribution >= 0.6 is 7.37 Å². The molecule has 2 aromatic carbocycles. The second kappa shape index (κ2) is 9.21. The van der Waals surface area contributed by atoms with Gasteiger partial charge in [-0.15, -0.1) is 0 Å². The lowest BCUT2D eigenvalue weighted by Gasteiger charge is -2.28. The number of benzene rings is 2. The molecule has 3 rings (SSSR count). The summed E-state index contributed by atoms with van der Waals surface area (Å²) in [6.45, 7) is 0.0845. The fraction of sp³-hybridized carbons (Fsp3) is 0.273. The van der Waals surface area contributed by atoms with Gasteiger partial charge in [0.05, 0.1) is 6.54 Å². The Bertz CT molecular complexity index is 970. The molecule has 0 bridgehead atoms. The van der Waals surface area contributed by atoms with Gasteiger partial charge < -0.3 is 14.9 Å². The first kappa shape index (κ1) is 21.0. The smallest absolute Gasteiger partial charge is 0.352 e. The van der Waals surface area contributed by atoms with Crippen molar-refractivity contribution < 1.29 is 24.2 Å². The molecule has 0 saturated carbocycles. The van der Waals surface area contributed by atoms with Gasteiger partial charge in [0.25, 0.3) is 0 Å². The van der Waals surface area contributed by atoms with Crippen LogP contribution in [0.15, 0.2) is 60.3 Å². The molecule has 0 spiro atoms. The number of nitrogens with zero attached hydrogens (tertiary/aromatic N) is 1. The number of aryl methyl sites for hydroxylation is 1. The van der Waals surface area contributed by atoms with Gasteiger partial charge in [-0.2, -0.15) is 0 Å². The Hall–Kier alpha value is -2.69. The highest BCUT2D eigenvalue weighted by Crippen LogP contribution is 2.42. The molecule has 1 amide bonds. The maximum atomic E-state index is 12.7. The van der Waals surface area contributed by atoms with Crippen molar-refractivity contribution in [2.24, 2.45) is 0 Å². The third-order valence-electron chi connectivity index (χ3n) is 4.93. The summed E-state index contributed by atoms with van der Waals surface area (Å²) in [6.07, 6.45) is 3.01. The second-order valence-corrected chi connectivity index (χ2v) is 9.64. The Morgan fingerprint density at radius 2 is 1.69 bits per heavy atom. The molecule has 1 aliphatic rings. The van der Waals surface area contributed by atoms with Crippen LogP contribution in [0.1, 0.15) is 29.5 Å². The van der Waals surface area contributed by atoms with Crippen LogP contribution in [0.3, 0.4) is 0 Å². The van der Waals surface area contributed by atoms with Crippen molar-refractivity contribution in [1.82, 2.24) is 4.90 Å². The molecule has 1 aliphatic heterocycles. The molecule has 0 saturated heterocycles. The second-order valence-electron chi connectivity index (χ2n) is 7.18. The summed E-state index contributed by atoms with van der Waals surface area (Å²) in [4.78, 5) is 35.6. The van der Waals surface area contributed by atoms with Crippen molar-refractivity contribution in [3.63, 3.8) is 0 Å². The van der Waals surface area contributed by atoms with E-state index in [1.807, 2.05) is 42.5 Å². The maximum Gasteiger partial charge on any atom is 0.352 e. The minimum Gasteiger partial charge on any atom is -0.477 e. The molecule has 0 aromatic heterocycles. The number of hydrogen-bond donors (Lipinski definition) is 2. The van der Waals surface area contributed by atoms with Gasteiger partial charge in [-0.25, -0.2) is 4.79 Å². The molecule has 0 aliphatic carbocycles. The normalized spacial score (nSPS) is 15.2. The van der Waals surface area contributed by atoms with E-state index in [4.69, 9.17) is 0 Å². The van der Waals surface area contributed by atoms with Crippen LogP contribution < -0.4 is 0 Å². The molecule has 1 atom stereocenters. The quantitative estimate of drug-likeness (QED) is 0.508. The number of carboxylic acids is 1. The van der Waals surface area contributed by atoms with E-state index >= 15 is 0 Å². The van der Waals surface area contributed by atoms with Crippen molar-refractivity contribution in [1.29, 1.82) is 0 Å². The van der Waals surface area contributed by atoms with Gasteiger partial charge in [0.15, 0.2) is 0 Å². The minimum atomic E-state index is -3.69. The standard InChI is InChI=1S/C22H24NO5P/c24-21(16-29(27,28)13-7-6-10-17-8-2-1-3-9-17)23-15-19-12-5-4-11-18(19)14-20(23)22(25)26/h1-5,8-9,11-12,14H,6-7,10,13,15-16H2,(H,25,26)(H,27,28). The van der Waals surface area contributed by atoms with Crippen molar-refractivity contribution in [2.75, 3.05) is 12.3 Å². The SMILES string of the molecule is O=C(O)C1=Cc2ccccc2CN1C(=O)CP(=O)(O)CCCCc1ccccc1. The molecule has 1 unspecified atom stereocenters. The van der Waals surface area contributed by atoms with Gasteiger partial charge in [-0.1, -0.05) is 54.6 Å². The summed E-state index contributed by atoms with van der Waals surface area (Å²) in [5.41, 5.74) is 2.54. The van der Waals surface area contributed by atoms with Gasteiger partial charge in [0.1, 0.15) is 11.9 Å². The fourth-order valence-electron chi connectivity index (χ4n) is 3.41. The zero-order valence-electron chi connectivity index (χ0n) is 16.0. The van der Waals surface area contributed by atoms with Crippen LogP contribution in [0, 0.1) is 0 Å². The summed E-state index contributed by atoms with van der Waals surface area (Å²) in [7, 11) is -3.69. The van der Waals surface area contributed by atoms with E-state index in [-0.39, 0.29) is 18.4 Å².